The van der Waals surface area contributed by atoms with Crippen molar-refractivity contribution in [3.05, 3.63) is 35.9 Å². The third-order valence-corrected chi connectivity index (χ3v) is 3.46. The Morgan fingerprint density at radius 3 is 3.22 bits per heavy atom. The van der Waals surface area contributed by atoms with Gasteiger partial charge in [-0.15, -0.1) is 0 Å². The van der Waals surface area contributed by atoms with Crippen molar-refractivity contribution < 1.29 is 4.39 Å². The Morgan fingerprint density at radius 2 is 2.39 bits per heavy atom. The van der Waals surface area contributed by atoms with Crippen LogP contribution in [0.3, 0.4) is 0 Å². The van der Waals surface area contributed by atoms with Crippen LogP contribution < -0.4 is 5.32 Å². The molecule has 3 nitrogen and oxygen atoms in total. The normalized spacial score (nSPS) is 19.4. The molecule has 94 valence electrons. The molecule has 0 unspecified atom stereocenters. The van der Waals surface area contributed by atoms with Crippen LogP contribution in [0.1, 0.15) is 25.3 Å². The summed E-state index contributed by atoms with van der Waals surface area (Å²) in [5, 5.41) is 4.48. The van der Waals surface area contributed by atoms with Gasteiger partial charge in [0.25, 0.3) is 0 Å². The van der Waals surface area contributed by atoms with Gasteiger partial charge in [-0.3, -0.25) is 0 Å². The highest BCUT2D eigenvalue weighted by Crippen LogP contribution is 2.32. The first kappa shape index (κ1) is 11.4. The lowest BCUT2D eigenvalue weighted by molar-refractivity contribution is 0.588. The molecule has 0 fully saturated rings. The zero-order valence-corrected chi connectivity index (χ0v) is 10.3. The first-order valence-electron chi connectivity index (χ1n) is 6.37. The summed E-state index contributed by atoms with van der Waals surface area (Å²) in [5.41, 5.74) is 3.06. The minimum absolute atomic E-state index is 0.402. The third kappa shape index (κ3) is 1.82. The lowest BCUT2D eigenvalue weighted by Gasteiger charge is -2.15. The number of fused-ring (bicyclic) bond motifs is 1. The van der Waals surface area contributed by atoms with Crippen LogP contribution in [-0.4, -0.2) is 22.6 Å². The van der Waals surface area contributed by atoms with Gasteiger partial charge in [0, 0.05) is 23.2 Å². The summed E-state index contributed by atoms with van der Waals surface area (Å²) in [7, 11) is 0. The van der Waals surface area contributed by atoms with Crippen LogP contribution in [0.2, 0.25) is 0 Å². The Morgan fingerprint density at radius 1 is 1.50 bits per heavy atom. The third-order valence-electron chi connectivity index (χ3n) is 3.46. The van der Waals surface area contributed by atoms with Crippen LogP contribution in [0.25, 0.3) is 16.6 Å². The minimum atomic E-state index is -0.445. The summed E-state index contributed by atoms with van der Waals surface area (Å²) in [5.74, 6) is -0.445. The van der Waals surface area contributed by atoms with Crippen molar-refractivity contribution in [1.29, 1.82) is 0 Å². The molecule has 0 bridgehead atoms. The smallest absolute Gasteiger partial charge is 0.214 e. The van der Waals surface area contributed by atoms with E-state index in [1.165, 1.54) is 11.6 Å². The van der Waals surface area contributed by atoms with Crippen LogP contribution >= 0.6 is 0 Å². The Bertz CT molecular complexity index is 600. The van der Waals surface area contributed by atoms with Crippen molar-refractivity contribution in [1.82, 2.24) is 15.3 Å². The van der Waals surface area contributed by atoms with Gasteiger partial charge in [-0.05, 0) is 37.1 Å². The number of allylic oxidation sites excluding steroid dienone is 1. The fourth-order valence-electron chi connectivity index (χ4n) is 2.68. The molecule has 3 rings (SSSR count). The van der Waals surface area contributed by atoms with Crippen LogP contribution in [0.15, 0.2) is 24.4 Å². The average molecular weight is 245 g/mol. The quantitative estimate of drug-likeness (QED) is 0.816. The van der Waals surface area contributed by atoms with Gasteiger partial charge in [0.2, 0.25) is 5.95 Å². The van der Waals surface area contributed by atoms with Crippen molar-refractivity contribution in [2.45, 2.75) is 25.8 Å². The summed E-state index contributed by atoms with van der Waals surface area (Å²) in [6.45, 7) is 3.07. The topological polar surface area (TPSA) is 40.7 Å². The highest BCUT2D eigenvalue weighted by Gasteiger charge is 2.22. The number of nitrogens with one attached hydrogen (secondary N) is 2. The molecule has 1 aliphatic rings. The van der Waals surface area contributed by atoms with E-state index in [4.69, 9.17) is 0 Å². The molecule has 0 saturated heterocycles. The van der Waals surface area contributed by atoms with E-state index in [1.807, 2.05) is 6.20 Å². The first-order chi connectivity index (χ1) is 8.79. The lowest BCUT2D eigenvalue weighted by Crippen LogP contribution is -2.27. The van der Waals surface area contributed by atoms with Crippen LogP contribution in [0.4, 0.5) is 4.39 Å². The maximum absolute atomic E-state index is 13.1. The largest absolute Gasteiger partial charge is 0.345 e. The second-order valence-corrected chi connectivity index (χ2v) is 4.58. The number of H-pyrrole nitrogens is 1. The number of nitrogens with zero attached hydrogens (tertiary/aromatic N) is 1. The van der Waals surface area contributed by atoms with Gasteiger partial charge in [-0.25, -0.2) is 4.98 Å². The van der Waals surface area contributed by atoms with Crippen molar-refractivity contribution in [3.8, 4) is 0 Å². The maximum Gasteiger partial charge on any atom is 0.214 e. The molecule has 2 N–H and O–H groups in total. The van der Waals surface area contributed by atoms with Crippen molar-refractivity contribution >= 4 is 16.6 Å². The van der Waals surface area contributed by atoms with E-state index in [0.29, 0.717) is 11.7 Å². The molecule has 0 radical (unpaired) electrons. The number of aromatic nitrogens is 2. The predicted molar refractivity (Wildman–Crippen MR) is 70.7 cm³/mol. The van der Waals surface area contributed by atoms with Crippen molar-refractivity contribution in [3.63, 3.8) is 0 Å². The van der Waals surface area contributed by atoms with Gasteiger partial charge in [0.05, 0.1) is 0 Å². The van der Waals surface area contributed by atoms with Crippen molar-refractivity contribution in [2.24, 2.45) is 0 Å². The molecule has 2 aromatic heterocycles. The van der Waals surface area contributed by atoms with Crippen LogP contribution in [-0.2, 0) is 0 Å². The molecule has 2 aromatic rings. The van der Waals surface area contributed by atoms with E-state index in [1.54, 1.807) is 6.07 Å². The number of likely N-dealkylation sites (N-methyl/N-ethyl adjacent to an activating group) is 1. The summed E-state index contributed by atoms with van der Waals surface area (Å²) in [4.78, 5) is 6.92. The number of rotatable bonds is 3. The summed E-state index contributed by atoms with van der Waals surface area (Å²) in [6, 6.07) is 3.61. The van der Waals surface area contributed by atoms with Crippen LogP contribution in [0.5, 0.6) is 0 Å². The molecule has 0 saturated carbocycles. The second kappa shape index (κ2) is 4.53. The van der Waals surface area contributed by atoms with E-state index < -0.39 is 5.95 Å². The van der Waals surface area contributed by atoms with E-state index in [9.17, 15) is 4.39 Å². The average Bonchev–Trinajstić information content (AvgIpc) is 2.95. The highest BCUT2D eigenvalue weighted by molar-refractivity contribution is 5.92. The monoisotopic (exact) mass is 245 g/mol. The zero-order chi connectivity index (χ0) is 12.5. The van der Waals surface area contributed by atoms with E-state index in [-0.39, 0.29) is 0 Å². The first-order valence-corrected chi connectivity index (χ1v) is 6.37. The van der Waals surface area contributed by atoms with Gasteiger partial charge >= 0.3 is 0 Å². The zero-order valence-electron chi connectivity index (χ0n) is 10.3. The Hall–Kier alpha value is -1.68. The fourth-order valence-corrected chi connectivity index (χ4v) is 2.68. The SMILES string of the molecule is CCN[C@H]1CCC=C1c1c[nH]c2nc(F)ccc12. The van der Waals surface area contributed by atoms with Gasteiger partial charge in [-0.1, -0.05) is 13.0 Å². The van der Waals surface area contributed by atoms with Crippen molar-refractivity contribution in [2.75, 3.05) is 6.54 Å². The number of pyridine rings is 1. The predicted octanol–water partition coefficient (Wildman–Crippen LogP) is 2.86. The van der Waals surface area contributed by atoms with Gasteiger partial charge in [0.1, 0.15) is 5.65 Å². The highest BCUT2D eigenvalue weighted by atomic mass is 19.1. The molecule has 2 heterocycles. The molecule has 0 amide bonds. The van der Waals surface area contributed by atoms with Gasteiger partial charge in [-0.2, -0.15) is 4.39 Å². The fraction of sp³-hybridized carbons (Fsp3) is 0.357. The molecule has 0 aromatic carbocycles. The Kier molecular flexibility index (Phi) is 2.88. The number of halogens is 1. The molecule has 1 atom stereocenters. The van der Waals surface area contributed by atoms with Crippen LogP contribution in [0, 0.1) is 5.95 Å². The second-order valence-electron chi connectivity index (χ2n) is 4.58. The van der Waals surface area contributed by atoms with E-state index in [0.717, 1.165) is 30.3 Å². The molecular formula is C14H16FN3. The molecular weight excluding hydrogens is 229 g/mol. The molecule has 4 heteroatoms. The lowest BCUT2D eigenvalue weighted by atomic mass is 10.0. The van der Waals surface area contributed by atoms with Gasteiger partial charge < -0.3 is 10.3 Å². The van der Waals surface area contributed by atoms with Gasteiger partial charge in [0.15, 0.2) is 0 Å². The molecule has 0 aliphatic heterocycles. The Balaban J connectivity index is 2.04. The summed E-state index contributed by atoms with van der Waals surface area (Å²) < 4.78 is 13.1. The maximum atomic E-state index is 13.1. The summed E-state index contributed by atoms with van der Waals surface area (Å²) in [6.07, 6.45) is 6.41. The van der Waals surface area contributed by atoms with E-state index in [2.05, 4.69) is 28.3 Å². The number of hydrogen-bond donors (Lipinski definition) is 2. The molecule has 18 heavy (non-hydrogen) atoms. The number of aromatic amines is 1. The Labute approximate surface area is 105 Å². The minimum Gasteiger partial charge on any atom is -0.345 e. The number of hydrogen-bond acceptors (Lipinski definition) is 2. The molecule has 0 spiro atoms. The standard InChI is InChI=1S/C14H16FN3/c1-2-16-12-5-3-4-9(12)11-8-17-14-10(11)6-7-13(15)18-14/h4,6-8,12,16H,2-3,5H2,1H3,(H,17,18)/t12-/m0/s1. The summed E-state index contributed by atoms with van der Waals surface area (Å²) >= 11 is 0. The van der Waals surface area contributed by atoms with E-state index >= 15 is 0 Å². The molecule has 1 aliphatic carbocycles.